The molecular formula is C52H51ClO2. The minimum absolute atomic E-state index is 0.184. The molecule has 3 heteroatoms. The Labute approximate surface area is 333 Å². The summed E-state index contributed by atoms with van der Waals surface area (Å²) in [5.41, 5.74) is 14.3. The first-order valence-corrected chi connectivity index (χ1v) is 20.4. The van der Waals surface area contributed by atoms with E-state index in [1.807, 2.05) is 0 Å². The molecule has 1 unspecified atom stereocenters. The van der Waals surface area contributed by atoms with Crippen LogP contribution in [0.1, 0.15) is 97.6 Å². The molecule has 4 aromatic carbocycles. The lowest BCUT2D eigenvalue weighted by Crippen LogP contribution is -2.07. The van der Waals surface area contributed by atoms with Gasteiger partial charge >= 0.3 is 0 Å². The lowest BCUT2D eigenvalue weighted by molar-refractivity contribution is 0.164. The van der Waals surface area contributed by atoms with Gasteiger partial charge < -0.3 is 9.47 Å². The predicted molar refractivity (Wildman–Crippen MR) is 232 cm³/mol. The average molecular weight is 743 g/mol. The van der Waals surface area contributed by atoms with Crippen LogP contribution >= 0.6 is 11.6 Å². The molecule has 0 radical (unpaired) electrons. The minimum atomic E-state index is -0.184. The van der Waals surface area contributed by atoms with Gasteiger partial charge in [-0.25, -0.2) is 0 Å². The number of hydrogen-bond acceptors (Lipinski definition) is 2. The highest BCUT2D eigenvalue weighted by Gasteiger charge is 2.20. The van der Waals surface area contributed by atoms with Gasteiger partial charge in [-0.05, 0) is 143 Å². The van der Waals surface area contributed by atoms with Crippen LogP contribution in [0.15, 0.2) is 173 Å². The predicted octanol–water partition coefficient (Wildman–Crippen LogP) is 14.2. The van der Waals surface area contributed by atoms with E-state index in [4.69, 9.17) is 21.1 Å². The van der Waals surface area contributed by atoms with E-state index in [-0.39, 0.29) is 6.10 Å². The second-order valence-electron chi connectivity index (χ2n) is 14.5. The quantitative estimate of drug-likeness (QED) is 0.152. The fourth-order valence-corrected chi connectivity index (χ4v) is 7.53. The van der Waals surface area contributed by atoms with Crippen molar-refractivity contribution in [2.75, 3.05) is 0 Å². The number of hydrogen-bond donors (Lipinski definition) is 0. The largest absolute Gasteiger partial charge is 0.482 e. The summed E-state index contributed by atoms with van der Waals surface area (Å²) in [4.78, 5) is 0. The van der Waals surface area contributed by atoms with E-state index < -0.39 is 0 Å². The summed E-state index contributed by atoms with van der Waals surface area (Å²) in [5.74, 6) is 2.45. The lowest BCUT2D eigenvalue weighted by Gasteiger charge is -2.24. The summed E-state index contributed by atoms with van der Waals surface area (Å²) < 4.78 is 13.2. The molecule has 2 aliphatic heterocycles. The van der Waals surface area contributed by atoms with E-state index in [9.17, 15) is 0 Å². The highest BCUT2D eigenvalue weighted by molar-refractivity contribution is 6.32. The van der Waals surface area contributed by atoms with E-state index in [2.05, 4.69) is 173 Å². The Hall–Kier alpha value is -5.31. The molecule has 0 spiro atoms. The SMILES string of the molecule is CCc1ccc(C2=CC(=CC=C3CCCC(C=CC4=CC(c5ccc(CC)cc5)=CC(c5ccc(CC)cc5)O4)=C3Cl)OC(c3ccc(CC)cc3)=C2)cc1. The zero-order valence-corrected chi connectivity index (χ0v) is 33.3. The standard InChI is InChI=1S/C52H51ClO2/c1-5-36-12-20-40(21-13-36)46-32-48(54-50(34-46)42-24-16-38(7-3)17-25-42)30-28-44-10-9-11-45(52(44)53)29-31-49-33-47(41-22-14-37(6-2)15-23-41)35-51(55-49)43-26-18-39(8-4)19-27-43/h12-35,50H,5-11H2,1-4H3. The van der Waals surface area contributed by atoms with Crippen LogP contribution in [0.5, 0.6) is 0 Å². The highest BCUT2D eigenvalue weighted by Crippen LogP contribution is 2.37. The normalized spacial score (nSPS) is 18.8. The van der Waals surface area contributed by atoms with Gasteiger partial charge in [0.2, 0.25) is 0 Å². The molecule has 2 heterocycles. The Morgan fingerprint density at radius 1 is 0.582 bits per heavy atom. The number of benzene rings is 4. The van der Waals surface area contributed by atoms with Gasteiger partial charge in [0.05, 0.1) is 0 Å². The molecule has 0 saturated carbocycles. The van der Waals surface area contributed by atoms with Gasteiger partial charge in [0.25, 0.3) is 0 Å². The Morgan fingerprint density at radius 3 is 1.71 bits per heavy atom. The van der Waals surface area contributed by atoms with Crippen LogP contribution in [0.3, 0.4) is 0 Å². The van der Waals surface area contributed by atoms with E-state index >= 15 is 0 Å². The molecule has 0 aromatic heterocycles. The fraction of sp³-hybridized carbons (Fsp3) is 0.231. The van der Waals surface area contributed by atoms with Crippen LogP contribution in [0, 0.1) is 0 Å². The van der Waals surface area contributed by atoms with Gasteiger partial charge in [-0.3, -0.25) is 0 Å². The number of aryl methyl sites for hydroxylation is 4. The molecule has 1 atom stereocenters. The molecule has 0 saturated heterocycles. The first-order valence-electron chi connectivity index (χ1n) is 20.0. The summed E-state index contributed by atoms with van der Waals surface area (Å²) in [6, 6.07) is 35.1. The third kappa shape index (κ3) is 9.32. The van der Waals surface area contributed by atoms with Gasteiger partial charge in [0.15, 0.2) is 0 Å². The monoisotopic (exact) mass is 742 g/mol. The maximum Gasteiger partial charge on any atom is 0.143 e. The van der Waals surface area contributed by atoms with Crippen molar-refractivity contribution >= 4 is 28.5 Å². The van der Waals surface area contributed by atoms with Gasteiger partial charge in [0, 0.05) is 10.6 Å². The number of halogens is 1. The summed E-state index contributed by atoms with van der Waals surface area (Å²) in [6.07, 6.45) is 23.8. The van der Waals surface area contributed by atoms with Crippen molar-refractivity contribution in [2.45, 2.75) is 78.7 Å². The van der Waals surface area contributed by atoms with E-state index in [1.165, 1.54) is 33.4 Å². The number of ether oxygens (including phenoxy) is 2. The minimum Gasteiger partial charge on any atom is -0.482 e. The van der Waals surface area contributed by atoms with Crippen molar-refractivity contribution in [1.82, 2.24) is 0 Å². The van der Waals surface area contributed by atoms with Crippen molar-refractivity contribution in [2.24, 2.45) is 0 Å². The van der Waals surface area contributed by atoms with Gasteiger partial charge in [-0.2, -0.15) is 0 Å². The van der Waals surface area contributed by atoms with Crippen LogP contribution in [0.2, 0.25) is 0 Å². The van der Waals surface area contributed by atoms with Gasteiger partial charge in [-0.1, -0.05) is 149 Å². The summed E-state index contributed by atoms with van der Waals surface area (Å²) in [5, 5.41) is 0.800. The zero-order chi connectivity index (χ0) is 38.1. The van der Waals surface area contributed by atoms with Crippen LogP contribution in [-0.2, 0) is 35.2 Å². The third-order valence-electron chi connectivity index (χ3n) is 10.8. The molecule has 4 aromatic rings. The molecule has 0 amide bonds. The smallest absolute Gasteiger partial charge is 0.143 e. The highest BCUT2D eigenvalue weighted by atomic mass is 35.5. The van der Waals surface area contributed by atoms with Crippen molar-refractivity contribution in [3.63, 3.8) is 0 Å². The zero-order valence-electron chi connectivity index (χ0n) is 32.6. The molecule has 55 heavy (non-hydrogen) atoms. The summed E-state index contributed by atoms with van der Waals surface area (Å²) in [6.45, 7) is 8.74. The third-order valence-corrected chi connectivity index (χ3v) is 11.3. The van der Waals surface area contributed by atoms with E-state index in [0.29, 0.717) is 0 Å². The molecule has 278 valence electrons. The molecule has 1 aliphatic carbocycles. The number of allylic oxidation sites excluding steroid dienone is 12. The fourth-order valence-electron chi connectivity index (χ4n) is 7.21. The summed E-state index contributed by atoms with van der Waals surface area (Å²) >= 11 is 7.19. The first kappa shape index (κ1) is 38.0. The summed E-state index contributed by atoms with van der Waals surface area (Å²) in [7, 11) is 0. The topological polar surface area (TPSA) is 18.5 Å². The lowest BCUT2D eigenvalue weighted by atomic mass is 9.93. The van der Waals surface area contributed by atoms with Crippen LogP contribution < -0.4 is 0 Å². The molecule has 3 aliphatic rings. The van der Waals surface area contributed by atoms with Crippen molar-refractivity contribution in [1.29, 1.82) is 0 Å². The van der Waals surface area contributed by atoms with Crippen molar-refractivity contribution < 1.29 is 9.47 Å². The van der Waals surface area contributed by atoms with E-state index in [0.717, 1.165) is 101 Å². The molecule has 7 rings (SSSR count). The molecule has 0 fully saturated rings. The second kappa shape index (κ2) is 17.9. The average Bonchev–Trinajstić information content (AvgIpc) is 3.25. The number of rotatable bonds is 11. The maximum absolute atomic E-state index is 7.19. The Balaban J connectivity index is 1.17. The Morgan fingerprint density at radius 2 is 1.13 bits per heavy atom. The maximum atomic E-state index is 7.19. The first-order chi connectivity index (χ1) is 26.9. The Kier molecular flexibility index (Phi) is 12.4. The second-order valence-corrected chi connectivity index (χ2v) is 14.8. The molecular weight excluding hydrogens is 692 g/mol. The van der Waals surface area contributed by atoms with Crippen molar-refractivity contribution in [3.05, 3.63) is 218 Å². The molecule has 2 nitrogen and oxygen atoms in total. The molecule has 0 bridgehead atoms. The van der Waals surface area contributed by atoms with Gasteiger partial charge in [-0.15, -0.1) is 0 Å². The van der Waals surface area contributed by atoms with Crippen molar-refractivity contribution in [3.8, 4) is 0 Å². The Bertz CT molecular complexity index is 2230. The molecule has 0 N–H and O–H groups in total. The van der Waals surface area contributed by atoms with Crippen LogP contribution in [-0.4, -0.2) is 0 Å². The van der Waals surface area contributed by atoms with Crippen LogP contribution in [0.4, 0.5) is 0 Å². The van der Waals surface area contributed by atoms with E-state index in [1.54, 1.807) is 0 Å². The van der Waals surface area contributed by atoms with Gasteiger partial charge in [0.1, 0.15) is 23.4 Å². The van der Waals surface area contributed by atoms with Crippen LogP contribution in [0.25, 0.3) is 16.9 Å².